The van der Waals surface area contributed by atoms with Gasteiger partial charge in [0.1, 0.15) is 19.0 Å². The van der Waals surface area contributed by atoms with Crippen molar-refractivity contribution in [1.82, 2.24) is 0 Å². The second-order valence-corrected chi connectivity index (χ2v) is 4.85. The SMILES string of the molecule is COc1cc(CC2(N)CC2)c2c(c1)OCCO2. The van der Waals surface area contributed by atoms with Crippen LogP contribution in [0, 0.1) is 0 Å². The van der Waals surface area contributed by atoms with Crippen LogP contribution in [0.5, 0.6) is 17.2 Å². The molecule has 1 aromatic rings. The molecule has 0 atom stereocenters. The summed E-state index contributed by atoms with van der Waals surface area (Å²) in [4.78, 5) is 0. The number of rotatable bonds is 3. The first-order chi connectivity index (χ1) is 8.20. The molecule has 0 amide bonds. The fourth-order valence-electron chi connectivity index (χ4n) is 2.16. The first kappa shape index (κ1) is 10.7. The van der Waals surface area contributed by atoms with E-state index in [1.807, 2.05) is 12.1 Å². The Bertz CT molecular complexity index is 441. The molecular weight excluding hydrogens is 218 g/mol. The van der Waals surface area contributed by atoms with Gasteiger partial charge in [0, 0.05) is 17.2 Å². The zero-order chi connectivity index (χ0) is 11.9. The van der Waals surface area contributed by atoms with Crippen molar-refractivity contribution in [2.75, 3.05) is 20.3 Å². The van der Waals surface area contributed by atoms with Crippen molar-refractivity contribution in [3.05, 3.63) is 17.7 Å². The largest absolute Gasteiger partial charge is 0.497 e. The Morgan fingerprint density at radius 2 is 2.06 bits per heavy atom. The van der Waals surface area contributed by atoms with Crippen LogP contribution in [0.4, 0.5) is 0 Å². The Labute approximate surface area is 101 Å². The molecule has 1 aliphatic carbocycles. The molecule has 1 fully saturated rings. The van der Waals surface area contributed by atoms with Crippen LogP contribution in [0.25, 0.3) is 0 Å². The molecule has 0 unspecified atom stereocenters. The molecule has 0 aromatic heterocycles. The van der Waals surface area contributed by atoms with Gasteiger partial charge in [0.2, 0.25) is 0 Å². The van der Waals surface area contributed by atoms with E-state index in [1.165, 1.54) is 0 Å². The molecule has 0 spiro atoms. The van der Waals surface area contributed by atoms with Crippen LogP contribution in [0.3, 0.4) is 0 Å². The van der Waals surface area contributed by atoms with Gasteiger partial charge in [-0.1, -0.05) is 0 Å². The first-order valence-electron chi connectivity index (χ1n) is 5.96. The molecule has 1 saturated carbocycles. The van der Waals surface area contributed by atoms with Gasteiger partial charge in [-0.25, -0.2) is 0 Å². The van der Waals surface area contributed by atoms with E-state index in [9.17, 15) is 0 Å². The average Bonchev–Trinajstić information content (AvgIpc) is 3.06. The van der Waals surface area contributed by atoms with Gasteiger partial charge in [0.05, 0.1) is 7.11 Å². The number of hydrogen-bond acceptors (Lipinski definition) is 4. The predicted molar refractivity (Wildman–Crippen MR) is 63.8 cm³/mol. The monoisotopic (exact) mass is 235 g/mol. The summed E-state index contributed by atoms with van der Waals surface area (Å²) in [5.74, 6) is 2.41. The highest BCUT2D eigenvalue weighted by Gasteiger charge is 2.39. The zero-order valence-corrected chi connectivity index (χ0v) is 9.99. The summed E-state index contributed by atoms with van der Waals surface area (Å²) in [5, 5.41) is 0. The van der Waals surface area contributed by atoms with E-state index in [0.717, 1.165) is 42.1 Å². The van der Waals surface area contributed by atoms with Crippen molar-refractivity contribution in [2.24, 2.45) is 5.73 Å². The Morgan fingerprint density at radius 3 is 2.76 bits per heavy atom. The minimum Gasteiger partial charge on any atom is -0.497 e. The molecule has 2 aliphatic rings. The van der Waals surface area contributed by atoms with Gasteiger partial charge in [0.25, 0.3) is 0 Å². The van der Waals surface area contributed by atoms with Crippen LogP contribution in [0.2, 0.25) is 0 Å². The van der Waals surface area contributed by atoms with Crippen molar-refractivity contribution < 1.29 is 14.2 Å². The number of nitrogens with two attached hydrogens (primary N) is 1. The maximum atomic E-state index is 6.17. The van der Waals surface area contributed by atoms with Crippen molar-refractivity contribution in [3.8, 4) is 17.2 Å². The third-order valence-electron chi connectivity index (χ3n) is 3.36. The summed E-state index contributed by atoms with van der Waals surface area (Å²) < 4.78 is 16.6. The lowest BCUT2D eigenvalue weighted by Gasteiger charge is -2.23. The minimum absolute atomic E-state index is 0.0407. The summed E-state index contributed by atoms with van der Waals surface area (Å²) in [5.41, 5.74) is 7.22. The highest BCUT2D eigenvalue weighted by atomic mass is 16.6. The zero-order valence-electron chi connectivity index (χ0n) is 9.99. The van der Waals surface area contributed by atoms with Gasteiger partial charge in [-0.2, -0.15) is 0 Å². The van der Waals surface area contributed by atoms with E-state index >= 15 is 0 Å². The van der Waals surface area contributed by atoms with Crippen LogP contribution in [-0.2, 0) is 6.42 Å². The van der Waals surface area contributed by atoms with Crippen molar-refractivity contribution in [3.63, 3.8) is 0 Å². The number of fused-ring (bicyclic) bond motifs is 1. The summed E-state index contributed by atoms with van der Waals surface area (Å²) in [6, 6.07) is 3.87. The van der Waals surface area contributed by atoms with Crippen LogP contribution in [0.1, 0.15) is 18.4 Å². The molecule has 4 heteroatoms. The van der Waals surface area contributed by atoms with Gasteiger partial charge in [-0.3, -0.25) is 0 Å². The summed E-state index contributed by atoms with van der Waals surface area (Å²) >= 11 is 0. The predicted octanol–water partition coefficient (Wildman–Crippen LogP) is 1.50. The second kappa shape index (κ2) is 3.81. The van der Waals surface area contributed by atoms with Gasteiger partial charge in [0.15, 0.2) is 11.5 Å². The standard InChI is InChI=1S/C13H17NO3/c1-15-10-6-9(8-13(14)2-3-13)12-11(7-10)16-4-5-17-12/h6-7H,2-5,8,14H2,1H3. The normalized spacial score (nSPS) is 19.9. The first-order valence-corrected chi connectivity index (χ1v) is 5.96. The molecule has 17 heavy (non-hydrogen) atoms. The van der Waals surface area contributed by atoms with Gasteiger partial charge in [-0.05, 0) is 25.3 Å². The summed E-state index contributed by atoms with van der Waals surface area (Å²) in [7, 11) is 1.66. The van der Waals surface area contributed by atoms with E-state index in [1.54, 1.807) is 7.11 Å². The number of benzene rings is 1. The van der Waals surface area contributed by atoms with Crippen LogP contribution in [-0.4, -0.2) is 25.9 Å². The van der Waals surface area contributed by atoms with Crippen molar-refractivity contribution >= 4 is 0 Å². The van der Waals surface area contributed by atoms with Gasteiger partial charge < -0.3 is 19.9 Å². The highest BCUT2D eigenvalue weighted by Crippen LogP contribution is 2.43. The molecule has 2 N–H and O–H groups in total. The minimum atomic E-state index is -0.0407. The molecule has 3 rings (SSSR count). The van der Waals surface area contributed by atoms with Crippen LogP contribution < -0.4 is 19.9 Å². The van der Waals surface area contributed by atoms with Crippen molar-refractivity contribution in [2.45, 2.75) is 24.8 Å². The Balaban J connectivity index is 1.98. The summed E-state index contributed by atoms with van der Waals surface area (Å²) in [6.45, 7) is 1.19. The lowest BCUT2D eigenvalue weighted by Crippen LogP contribution is -2.26. The smallest absolute Gasteiger partial charge is 0.165 e. The molecule has 1 aromatic carbocycles. The quantitative estimate of drug-likeness (QED) is 0.862. The molecule has 0 saturated heterocycles. The molecule has 0 bridgehead atoms. The van der Waals surface area contributed by atoms with Gasteiger partial charge in [-0.15, -0.1) is 0 Å². The average molecular weight is 235 g/mol. The third-order valence-corrected chi connectivity index (χ3v) is 3.36. The third kappa shape index (κ3) is 2.05. The fourth-order valence-corrected chi connectivity index (χ4v) is 2.16. The maximum Gasteiger partial charge on any atom is 0.165 e. The Kier molecular flexibility index (Phi) is 2.40. The molecule has 1 heterocycles. The molecule has 0 radical (unpaired) electrons. The lowest BCUT2D eigenvalue weighted by atomic mass is 10.0. The fraction of sp³-hybridized carbons (Fsp3) is 0.538. The van der Waals surface area contributed by atoms with E-state index in [-0.39, 0.29) is 5.54 Å². The molecule has 1 aliphatic heterocycles. The molecular formula is C13H17NO3. The van der Waals surface area contributed by atoms with E-state index in [2.05, 4.69) is 0 Å². The summed E-state index contributed by atoms with van der Waals surface area (Å²) in [6.07, 6.45) is 3.00. The highest BCUT2D eigenvalue weighted by molar-refractivity contribution is 5.53. The second-order valence-electron chi connectivity index (χ2n) is 4.85. The topological polar surface area (TPSA) is 53.7 Å². The number of methoxy groups -OCH3 is 1. The van der Waals surface area contributed by atoms with E-state index in [4.69, 9.17) is 19.9 Å². The Morgan fingerprint density at radius 1 is 1.29 bits per heavy atom. The van der Waals surface area contributed by atoms with E-state index in [0.29, 0.717) is 13.2 Å². The molecule has 4 nitrogen and oxygen atoms in total. The Hall–Kier alpha value is -1.42. The molecule has 92 valence electrons. The number of ether oxygens (including phenoxy) is 3. The van der Waals surface area contributed by atoms with E-state index < -0.39 is 0 Å². The van der Waals surface area contributed by atoms with Crippen LogP contribution >= 0.6 is 0 Å². The maximum absolute atomic E-state index is 6.17. The van der Waals surface area contributed by atoms with Gasteiger partial charge >= 0.3 is 0 Å². The van der Waals surface area contributed by atoms with Crippen LogP contribution in [0.15, 0.2) is 12.1 Å². The van der Waals surface area contributed by atoms with Crippen molar-refractivity contribution in [1.29, 1.82) is 0 Å². The number of hydrogen-bond donors (Lipinski definition) is 1. The lowest BCUT2D eigenvalue weighted by molar-refractivity contribution is 0.169.